The van der Waals surface area contributed by atoms with Gasteiger partial charge in [-0.3, -0.25) is 9.59 Å². The minimum absolute atomic E-state index is 0. The van der Waals surface area contributed by atoms with Gasteiger partial charge in [0.25, 0.3) is 0 Å². The molecular formula is C25H35FN4O5. The topological polar surface area (TPSA) is 168 Å². The molecule has 4 bridgehead atoms. The van der Waals surface area contributed by atoms with Crippen molar-refractivity contribution in [1.82, 2.24) is 10.6 Å². The quantitative estimate of drug-likeness (QED) is 0.379. The maximum Gasteiger partial charge on any atom is 0.326 e. The lowest BCUT2D eigenvalue weighted by Crippen LogP contribution is -2.55. The number of nitrogens with one attached hydrogen (secondary N) is 2. The van der Waals surface area contributed by atoms with Crippen LogP contribution in [0.3, 0.4) is 0 Å². The molecule has 3 atom stereocenters. The fourth-order valence-electron chi connectivity index (χ4n) is 3.73. The summed E-state index contributed by atoms with van der Waals surface area (Å²) in [4.78, 5) is 37.4. The summed E-state index contributed by atoms with van der Waals surface area (Å²) in [7, 11) is 0. The molecular weight excluding hydrogens is 455 g/mol. The molecule has 0 aromatic heterocycles. The number of halogens is 1. The van der Waals surface area contributed by atoms with Crippen molar-refractivity contribution in [3.63, 3.8) is 0 Å². The number of hydrogen-bond acceptors (Lipinski definition) is 6. The van der Waals surface area contributed by atoms with Crippen molar-refractivity contribution in [3.8, 4) is 16.9 Å². The second kappa shape index (κ2) is 12.8. The highest BCUT2D eigenvalue weighted by Gasteiger charge is 2.29. The van der Waals surface area contributed by atoms with Crippen LogP contribution in [0, 0.1) is 5.82 Å². The summed E-state index contributed by atoms with van der Waals surface area (Å²) in [5.74, 6) is -3.38. The first kappa shape index (κ1) is 29.5. The molecule has 2 amide bonds. The average molecular weight is 491 g/mol. The number of aromatic hydroxyl groups is 1. The molecule has 1 heterocycles. The highest BCUT2D eigenvalue weighted by molar-refractivity contribution is 5.92. The van der Waals surface area contributed by atoms with Gasteiger partial charge in [0.2, 0.25) is 11.8 Å². The molecule has 3 rings (SSSR count). The minimum Gasteiger partial charge on any atom is -0.508 e. The normalized spacial score (nSPS) is 20.1. The SMILES string of the molecule is C.C.NCCC[C@@H]1NC(=O)[C@@H](N)Cc2cc(ccc2O)-c2ccc(F)c(c2)C[C@@H](C(=O)O)NC1=O. The number of fused-ring (bicyclic) bond motifs is 5. The zero-order valence-electron chi connectivity index (χ0n) is 17.9. The van der Waals surface area contributed by atoms with Gasteiger partial charge in [0.15, 0.2) is 0 Å². The first-order valence-electron chi connectivity index (χ1n) is 10.6. The Kier molecular flexibility index (Phi) is 10.8. The third kappa shape index (κ3) is 7.24. The molecule has 0 saturated carbocycles. The van der Waals surface area contributed by atoms with Crippen molar-refractivity contribution < 1.29 is 29.0 Å². The molecule has 2 aromatic carbocycles. The molecule has 0 saturated heterocycles. The number of nitrogens with two attached hydrogens (primary N) is 2. The smallest absolute Gasteiger partial charge is 0.326 e. The Morgan fingerprint density at radius 2 is 1.63 bits per heavy atom. The Morgan fingerprint density at radius 1 is 1.00 bits per heavy atom. The Morgan fingerprint density at radius 3 is 2.26 bits per heavy atom. The Hall–Kier alpha value is -3.50. The van der Waals surface area contributed by atoms with Crippen molar-refractivity contribution >= 4 is 17.8 Å². The largest absolute Gasteiger partial charge is 0.508 e. The van der Waals surface area contributed by atoms with E-state index in [-0.39, 0.29) is 52.0 Å². The Bertz CT molecular complexity index is 1060. The lowest BCUT2D eigenvalue weighted by Gasteiger charge is -2.23. The third-order valence-electron chi connectivity index (χ3n) is 5.60. The number of phenolic OH excluding ortho intramolecular Hbond substituents is 1. The van der Waals surface area contributed by atoms with Crippen LogP contribution in [0.15, 0.2) is 36.4 Å². The number of aliphatic carboxylic acids is 1. The van der Waals surface area contributed by atoms with Crippen molar-refractivity contribution in [3.05, 3.63) is 53.3 Å². The van der Waals surface area contributed by atoms with Crippen LogP contribution < -0.4 is 22.1 Å². The van der Waals surface area contributed by atoms with Gasteiger partial charge in [-0.1, -0.05) is 27.0 Å². The van der Waals surface area contributed by atoms with Gasteiger partial charge >= 0.3 is 5.97 Å². The molecule has 10 heteroatoms. The molecule has 9 nitrogen and oxygen atoms in total. The van der Waals surface area contributed by atoms with Gasteiger partial charge in [0.1, 0.15) is 23.7 Å². The monoisotopic (exact) mass is 490 g/mol. The van der Waals surface area contributed by atoms with E-state index in [1.165, 1.54) is 24.3 Å². The van der Waals surface area contributed by atoms with E-state index in [9.17, 15) is 29.0 Å². The van der Waals surface area contributed by atoms with E-state index in [1.807, 2.05) is 0 Å². The molecule has 1 aliphatic heterocycles. The van der Waals surface area contributed by atoms with Gasteiger partial charge in [-0.05, 0) is 65.9 Å². The van der Waals surface area contributed by atoms with Crippen LogP contribution in [0.5, 0.6) is 5.75 Å². The summed E-state index contributed by atoms with van der Waals surface area (Å²) in [6.07, 6.45) is 0.244. The zero-order valence-corrected chi connectivity index (χ0v) is 17.9. The highest BCUT2D eigenvalue weighted by atomic mass is 19.1. The fourth-order valence-corrected chi connectivity index (χ4v) is 3.73. The first-order chi connectivity index (χ1) is 15.7. The number of carbonyl (C=O) groups excluding carboxylic acids is 2. The van der Waals surface area contributed by atoms with Gasteiger partial charge < -0.3 is 32.3 Å². The summed E-state index contributed by atoms with van der Waals surface area (Å²) < 4.78 is 14.5. The molecule has 1 aliphatic rings. The van der Waals surface area contributed by atoms with Crippen molar-refractivity contribution in [1.29, 1.82) is 0 Å². The minimum atomic E-state index is -1.42. The number of phenols is 1. The second-order valence-corrected chi connectivity index (χ2v) is 8.06. The number of carboxylic acids is 1. The van der Waals surface area contributed by atoms with Crippen molar-refractivity contribution in [2.75, 3.05) is 6.54 Å². The maximum atomic E-state index is 14.5. The summed E-state index contributed by atoms with van der Waals surface area (Å²) >= 11 is 0. The van der Waals surface area contributed by atoms with Gasteiger partial charge in [0.05, 0.1) is 6.04 Å². The average Bonchev–Trinajstić information content (AvgIpc) is 2.78. The van der Waals surface area contributed by atoms with E-state index in [4.69, 9.17) is 11.5 Å². The van der Waals surface area contributed by atoms with Gasteiger partial charge in [-0.2, -0.15) is 0 Å². The summed E-state index contributed by atoms with van der Waals surface area (Å²) in [5.41, 5.74) is 13.3. The molecule has 8 N–H and O–H groups in total. The van der Waals surface area contributed by atoms with E-state index < -0.39 is 41.7 Å². The molecule has 0 aliphatic carbocycles. The van der Waals surface area contributed by atoms with Crippen LogP contribution in [-0.4, -0.2) is 52.7 Å². The highest BCUT2D eigenvalue weighted by Crippen LogP contribution is 2.28. The number of benzene rings is 2. The maximum absolute atomic E-state index is 14.5. The number of carboxylic acid groups (broad SMARTS) is 1. The number of rotatable bonds is 4. The van der Waals surface area contributed by atoms with E-state index in [2.05, 4.69) is 10.6 Å². The van der Waals surface area contributed by atoms with Crippen LogP contribution >= 0.6 is 0 Å². The fraction of sp³-hybridized carbons (Fsp3) is 0.400. The van der Waals surface area contributed by atoms with E-state index in [0.29, 0.717) is 23.1 Å². The molecule has 35 heavy (non-hydrogen) atoms. The lowest BCUT2D eigenvalue weighted by atomic mass is 9.96. The molecule has 0 unspecified atom stereocenters. The first-order valence-corrected chi connectivity index (χ1v) is 10.6. The number of amides is 2. The van der Waals surface area contributed by atoms with Crippen LogP contribution in [0.4, 0.5) is 4.39 Å². The standard InChI is InChI=1S/C23H27FN4O5.2CH4/c24-16-5-3-12-8-14(16)11-19(23(32)33)28-22(31)18(2-1-7-25)27-21(30)17(26)10-15-9-13(12)4-6-20(15)29;;/h3-6,8-9,17-19,29H,1-2,7,10-11,25-26H2,(H,27,30)(H,28,31)(H,32,33);2*1H4/t17-,18-,19-;;/m0../s1. The summed E-state index contributed by atoms with van der Waals surface area (Å²) in [6.45, 7) is 0.257. The third-order valence-corrected chi connectivity index (χ3v) is 5.60. The van der Waals surface area contributed by atoms with Crippen LogP contribution in [0.25, 0.3) is 11.1 Å². The number of hydrogen-bond donors (Lipinski definition) is 6. The summed E-state index contributed by atoms with van der Waals surface area (Å²) in [6, 6.07) is 5.39. The van der Waals surface area contributed by atoms with E-state index in [1.54, 1.807) is 12.1 Å². The molecule has 0 radical (unpaired) electrons. The van der Waals surface area contributed by atoms with Crippen LogP contribution in [-0.2, 0) is 27.2 Å². The second-order valence-electron chi connectivity index (χ2n) is 8.06. The Labute approximate surface area is 204 Å². The van der Waals surface area contributed by atoms with Gasteiger partial charge in [-0.25, -0.2) is 9.18 Å². The Balaban J connectivity index is 0.00000306. The van der Waals surface area contributed by atoms with Gasteiger partial charge in [-0.15, -0.1) is 0 Å². The zero-order chi connectivity index (χ0) is 24.1. The van der Waals surface area contributed by atoms with Crippen molar-refractivity contribution in [2.24, 2.45) is 11.5 Å². The molecule has 192 valence electrons. The van der Waals surface area contributed by atoms with E-state index >= 15 is 0 Å². The predicted molar refractivity (Wildman–Crippen MR) is 132 cm³/mol. The van der Waals surface area contributed by atoms with Crippen LogP contribution in [0.1, 0.15) is 38.8 Å². The molecule has 0 spiro atoms. The van der Waals surface area contributed by atoms with Crippen molar-refractivity contribution in [2.45, 2.75) is 58.7 Å². The summed E-state index contributed by atoms with van der Waals surface area (Å²) in [5, 5.41) is 24.8. The van der Waals surface area contributed by atoms with Gasteiger partial charge in [0, 0.05) is 12.8 Å². The molecule has 0 fully saturated rings. The van der Waals surface area contributed by atoms with E-state index in [0.717, 1.165) is 0 Å². The van der Waals surface area contributed by atoms with Crippen LogP contribution in [0.2, 0.25) is 0 Å². The predicted octanol–water partition coefficient (Wildman–Crippen LogP) is 1.69. The lowest BCUT2D eigenvalue weighted by molar-refractivity contribution is -0.142. The molecule has 2 aromatic rings. The number of carbonyl (C=O) groups is 3.